The Hall–Kier alpha value is -0.980. The molecule has 1 aromatic rings. The van der Waals surface area contributed by atoms with Gasteiger partial charge in [-0.25, -0.2) is 0 Å². The van der Waals surface area contributed by atoms with Crippen molar-refractivity contribution in [1.82, 2.24) is 15.0 Å². The van der Waals surface area contributed by atoms with Crippen LogP contribution in [0.1, 0.15) is 23.9 Å². The first-order valence-corrected chi connectivity index (χ1v) is 7.54. The summed E-state index contributed by atoms with van der Waals surface area (Å²) in [6, 6.07) is 0. The van der Waals surface area contributed by atoms with Crippen molar-refractivity contribution in [3.8, 4) is 0 Å². The van der Waals surface area contributed by atoms with E-state index in [4.69, 9.17) is 22.5 Å². The van der Waals surface area contributed by atoms with Gasteiger partial charge in [-0.2, -0.15) is 0 Å². The topological polar surface area (TPSA) is 58.5 Å². The van der Waals surface area contributed by atoms with E-state index in [9.17, 15) is 0 Å². The number of nitrogens with two attached hydrogens (primary N) is 1. The number of hydrogen-bond acceptors (Lipinski definition) is 5. The van der Waals surface area contributed by atoms with Crippen LogP contribution in [-0.4, -0.2) is 52.7 Å². The average molecular weight is 296 g/mol. The van der Waals surface area contributed by atoms with Crippen molar-refractivity contribution < 1.29 is 4.52 Å². The predicted octanol–water partition coefficient (Wildman–Crippen LogP) is 1.33. The lowest BCUT2D eigenvalue weighted by atomic mass is 10.1. The lowest BCUT2D eigenvalue weighted by Gasteiger charge is -2.35. The monoisotopic (exact) mass is 296 g/mol. The molecule has 2 heterocycles. The molecule has 1 saturated heterocycles. The summed E-state index contributed by atoms with van der Waals surface area (Å²) in [5.74, 6) is 1.23. The lowest BCUT2D eigenvalue weighted by molar-refractivity contribution is 0.121. The molecule has 0 saturated carbocycles. The molecule has 6 heteroatoms. The highest BCUT2D eigenvalue weighted by molar-refractivity contribution is 7.80. The van der Waals surface area contributed by atoms with Gasteiger partial charge in [-0.3, -0.25) is 4.90 Å². The number of nitrogens with zero attached hydrogens (tertiary/aromatic N) is 3. The molecule has 20 heavy (non-hydrogen) atoms. The van der Waals surface area contributed by atoms with Gasteiger partial charge in [-0.15, -0.1) is 0 Å². The minimum absolute atomic E-state index is 0.291. The Bertz CT molecular complexity index is 446. The van der Waals surface area contributed by atoms with Crippen LogP contribution in [0.5, 0.6) is 0 Å². The van der Waals surface area contributed by atoms with E-state index in [0.717, 1.165) is 50.7 Å². The molecule has 1 aliphatic rings. The highest BCUT2D eigenvalue weighted by Crippen LogP contribution is 2.16. The molecule has 0 spiro atoms. The second-order valence-corrected chi connectivity index (χ2v) is 6.15. The van der Waals surface area contributed by atoms with Crippen LogP contribution in [0.25, 0.3) is 0 Å². The van der Waals surface area contributed by atoms with Crippen LogP contribution in [0.15, 0.2) is 4.52 Å². The number of rotatable bonds is 5. The standard InChI is InChI=1S/C14H24N4OS/c1-10(14(15)20)8-17-4-6-18(7-5-17)9-13-11(2)16-19-12(13)3/h10H,4-9H2,1-3H3,(H2,15,20). The number of hydrogen-bond donors (Lipinski definition) is 1. The molecule has 2 N–H and O–H groups in total. The van der Waals surface area contributed by atoms with Crippen molar-refractivity contribution in [2.75, 3.05) is 32.7 Å². The molecule has 0 bridgehead atoms. The minimum atomic E-state index is 0.291. The minimum Gasteiger partial charge on any atom is -0.393 e. The fraction of sp³-hybridized carbons (Fsp3) is 0.714. The molecule has 1 aromatic heterocycles. The van der Waals surface area contributed by atoms with Gasteiger partial charge in [-0.1, -0.05) is 24.3 Å². The Morgan fingerprint density at radius 3 is 2.40 bits per heavy atom. The predicted molar refractivity (Wildman–Crippen MR) is 83.6 cm³/mol. The van der Waals surface area contributed by atoms with Crippen LogP contribution >= 0.6 is 12.2 Å². The van der Waals surface area contributed by atoms with Gasteiger partial charge in [0, 0.05) is 50.7 Å². The SMILES string of the molecule is Cc1noc(C)c1CN1CCN(CC(C)C(N)=S)CC1. The molecule has 0 amide bonds. The summed E-state index contributed by atoms with van der Waals surface area (Å²) in [4.78, 5) is 5.51. The van der Waals surface area contributed by atoms with Crippen LogP contribution in [0.4, 0.5) is 0 Å². The molecule has 0 radical (unpaired) electrons. The molecule has 1 fully saturated rings. The maximum absolute atomic E-state index is 5.68. The summed E-state index contributed by atoms with van der Waals surface area (Å²) in [5.41, 5.74) is 7.92. The Labute approximate surface area is 126 Å². The first-order chi connectivity index (χ1) is 9.47. The number of aromatic nitrogens is 1. The summed E-state index contributed by atoms with van der Waals surface area (Å²) in [6.07, 6.45) is 0. The van der Waals surface area contributed by atoms with Crippen molar-refractivity contribution in [3.63, 3.8) is 0 Å². The molecule has 112 valence electrons. The van der Waals surface area contributed by atoms with E-state index in [1.165, 1.54) is 5.56 Å². The molecule has 0 aliphatic carbocycles. The van der Waals surface area contributed by atoms with Gasteiger partial charge in [0.25, 0.3) is 0 Å². The Morgan fingerprint density at radius 1 is 1.30 bits per heavy atom. The van der Waals surface area contributed by atoms with Crippen LogP contribution in [0, 0.1) is 19.8 Å². The molecule has 2 rings (SSSR count). The largest absolute Gasteiger partial charge is 0.393 e. The van der Waals surface area contributed by atoms with Crippen LogP contribution < -0.4 is 5.73 Å². The molecule has 1 atom stereocenters. The van der Waals surface area contributed by atoms with Gasteiger partial charge in [0.2, 0.25) is 0 Å². The fourth-order valence-electron chi connectivity index (χ4n) is 2.56. The van der Waals surface area contributed by atoms with E-state index in [1.54, 1.807) is 0 Å². The van der Waals surface area contributed by atoms with Crippen molar-refractivity contribution in [2.45, 2.75) is 27.3 Å². The summed E-state index contributed by atoms with van der Waals surface area (Å²) in [7, 11) is 0. The van der Waals surface area contributed by atoms with E-state index >= 15 is 0 Å². The molecule has 1 aliphatic heterocycles. The van der Waals surface area contributed by atoms with E-state index in [-0.39, 0.29) is 0 Å². The third-order valence-electron chi connectivity index (χ3n) is 4.05. The van der Waals surface area contributed by atoms with Gasteiger partial charge in [0.15, 0.2) is 0 Å². The third kappa shape index (κ3) is 3.77. The van der Waals surface area contributed by atoms with Crippen LogP contribution in [-0.2, 0) is 6.54 Å². The molecule has 0 aromatic carbocycles. The zero-order chi connectivity index (χ0) is 14.7. The van der Waals surface area contributed by atoms with Crippen LogP contribution in [0.2, 0.25) is 0 Å². The first-order valence-electron chi connectivity index (χ1n) is 7.13. The van der Waals surface area contributed by atoms with Gasteiger partial charge >= 0.3 is 0 Å². The highest BCUT2D eigenvalue weighted by Gasteiger charge is 2.21. The van der Waals surface area contributed by atoms with E-state index in [2.05, 4.69) is 21.9 Å². The maximum atomic E-state index is 5.68. The first kappa shape index (κ1) is 15.4. The highest BCUT2D eigenvalue weighted by atomic mass is 32.1. The normalized spacial score (nSPS) is 19.1. The second kappa shape index (κ2) is 6.65. The van der Waals surface area contributed by atoms with Crippen molar-refractivity contribution >= 4 is 17.2 Å². The third-order valence-corrected chi connectivity index (χ3v) is 4.45. The van der Waals surface area contributed by atoms with E-state index in [0.29, 0.717) is 10.9 Å². The fourth-order valence-corrected chi connectivity index (χ4v) is 2.63. The lowest BCUT2D eigenvalue weighted by Crippen LogP contribution is -2.48. The zero-order valence-corrected chi connectivity index (χ0v) is 13.4. The molecular formula is C14H24N4OS. The van der Waals surface area contributed by atoms with Crippen molar-refractivity contribution in [3.05, 3.63) is 17.0 Å². The number of aryl methyl sites for hydroxylation is 2. The van der Waals surface area contributed by atoms with E-state index < -0.39 is 0 Å². The van der Waals surface area contributed by atoms with Gasteiger partial charge in [0.1, 0.15) is 5.76 Å². The summed E-state index contributed by atoms with van der Waals surface area (Å²) < 4.78 is 5.22. The zero-order valence-electron chi connectivity index (χ0n) is 12.6. The smallest absolute Gasteiger partial charge is 0.138 e. The van der Waals surface area contributed by atoms with Gasteiger partial charge in [-0.05, 0) is 13.8 Å². The van der Waals surface area contributed by atoms with Gasteiger partial charge in [0.05, 0.1) is 10.7 Å². The number of thiocarbonyl (C=S) groups is 1. The Balaban J connectivity index is 1.81. The van der Waals surface area contributed by atoms with Crippen molar-refractivity contribution in [1.29, 1.82) is 0 Å². The second-order valence-electron chi connectivity index (χ2n) is 5.68. The Kier molecular flexibility index (Phi) is 5.12. The van der Waals surface area contributed by atoms with Gasteiger partial charge < -0.3 is 15.2 Å². The summed E-state index contributed by atoms with van der Waals surface area (Å²) >= 11 is 5.04. The average Bonchev–Trinajstić information content (AvgIpc) is 2.72. The molecule has 5 nitrogen and oxygen atoms in total. The molecule has 1 unspecified atom stereocenters. The maximum Gasteiger partial charge on any atom is 0.138 e. The van der Waals surface area contributed by atoms with E-state index in [1.807, 2.05) is 13.8 Å². The van der Waals surface area contributed by atoms with Crippen molar-refractivity contribution in [2.24, 2.45) is 11.7 Å². The quantitative estimate of drug-likeness (QED) is 0.827. The summed E-state index contributed by atoms with van der Waals surface area (Å²) in [6.45, 7) is 12.2. The van der Waals surface area contributed by atoms with Crippen LogP contribution in [0.3, 0.4) is 0 Å². The summed E-state index contributed by atoms with van der Waals surface area (Å²) in [5, 5.41) is 4.02. The molecular weight excluding hydrogens is 272 g/mol. The Morgan fingerprint density at radius 2 is 1.90 bits per heavy atom. The number of piperazine rings is 1.